The summed E-state index contributed by atoms with van der Waals surface area (Å²) in [5, 5.41) is 9.49. The summed E-state index contributed by atoms with van der Waals surface area (Å²) in [5.41, 5.74) is 2.32. The summed E-state index contributed by atoms with van der Waals surface area (Å²) in [7, 11) is 0. The summed E-state index contributed by atoms with van der Waals surface area (Å²) in [6, 6.07) is 11.3. The van der Waals surface area contributed by atoms with Gasteiger partial charge in [-0.15, -0.1) is 0 Å². The number of rotatable bonds is 3. The number of benzene rings is 1. The molecular formula is C14H11IN4O2. The molecule has 0 unspecified atom stereocenters. The summed E-state index contributed by atoms with van der Waals surface area (Å²) < 4.78 is 6.13. The standard InChI is InChI=1S/C14H11IN4O2/c15-10-6-7-16-12-11(10)18-19-13(12)17-14(20)21-8-9-4-2-1-3-5-9/h1-7H,8H2,(H2,17,18,19,20). The van der Waals surface area contributed by atoms with Gasteiger partial charge in [0.25, 0.3) is 0 Å². The first-order valence-electron chi connectivity index (χ1n) is 6.20. The number of nitrogens with one attached hydrogen (secondary N) is 2. The Labute approximate surface area is 134 Å². The Morgan fingerprint density at radius 2 is 2.10 bits per heavy atom. The van der Waals surface area contributed by atoms with E-state index in [9.17, 15) is 4.79 Å². The van der Waals surface area contributed by atoms with Crippen LogP contribution in [0.25, 0.3) is 11.0 Å². The number of nitrogens with zero attached hydrogens (tertiary/aromatic N) is 2. The quantitative estimate of drug-likeness (QED) is 0.669. The maximum absolute atomic E-state index is 11.8. The van der Waals surface area contributed by atoms with Gasteiger partial charge in [-0.3, -0.25) is 15.4 Å². The van der Waals surface area contributed by atoms with Gasteiger partial charge in [0.05, 0.1) is 5.52 Å². The monoisotopic (exact) mass is 394 g/mol. The smallest absolute Gasteiger partial charge is 0.413 e. The Balaban J connectivity index is 1.68. The molecule has 1 aromatic carbocycles. The van der Waals surface area contributed by atoms with Gasteiger partial charge in [-0.25, -0.2) is 4.79 Å². The number of aromatic amines is 1. The highest BCUT2D eigenvalue weighted by molar-refractivity contribution is 14.1. The molecule has 2 heterocycles. The lowest BCUT2D eigenvalue weighted by Crippen LogP contribution is -2.14. The number of hydrogen-bond acceptors (Lipinski definition) is 4. The number of fused-ring (bicyclic) bond motifs is 1. The van der Waals surface area contributed by atoms with E-state index < -0.39 is 6.09 Å². The highest BCUT2D eigenvalue weighted by Crippen LogP contribution is 2.22. The molecule has 0 radical (unpaired) electrons. The molecule has 0 aliphatic heterocycles. The number of hydrogen-bond donors (Lipinski definition) is 2. The zero-order valence-corrected chi connectivity index (χ0v) is 13.0. The normalized spacial score (nSPS) is 10.5. The Hall–Kier alpha value is -2.16. The van der Waals surface area contributed by atoms with Crippen LogP contribution in [0, 0.1) is 3.57 Å². The fraction of sp³-hybridized carbons (Fsp3) is 0.0714. The van der Waals surface area contributed by atoms with Crippen molar-refractivity contribution in [3.8, 4) is 0 Å². The van der Waals surface area contributed by atoms with Gasteiger partial charge in [0.1, 0.15) is 12.1 Å². The van der Waals surface area contributed by atoms with Gasteiger partial charge in [-0.05, 0) is 34.2 Å². The van der Waals surface area contributed by atoms with Crippen LogP contribution < -0.4 is 5.32 Å². The van der Waals surface area contributed by atoms with Crippen LogP contribution in [0.4, 0.5) is 10.6 Å². The number of pyridine rings is 1. The van der Waals surface area contributed by atoms with Crippen molar-refractivity contribution >= 4 is 45.5 Å². The van der Waals surface area contributed by atoms with Gasteiger partial charge in [-0.2, -0.15) is 5.10 Å². The average molecular weight is 394 g/mol. The minimum Gasteiger partial charge on any atom is -0.444 e. The number of carbonyl (C=O) groups excluding carboxylic acids is 1. The zero-order valence-electron chi connectivity index (χ0n) is 10.8. The molecule has 0 saturated carbocycles. The zero-order chi connectivity index (χ0) is 14.7. The Bertz CT molecular complexity index is 773. The van der Waals surface area contributed by atoms with E-state index in [0.29, 0.717) is 11.3 Å². The molecule has 3 rings (SSSR count). The molecule has 0 bridgehead atoms. The van der Waals surface area contributed by atoms with Gasteiger partial charge < -0.3 is 4.74 Å². The molecule has 2 aromatic heterocycles. The first kappa shape index (κ1) is 13.8. The topological polar surface area (TPSA) is 79.9 Å². The SMILES string of the molecule is O=C(Nc1n[nH]c2c(I)ccnc12)OCc1ccccc1. The third-order valence-electron chi connectivity index (χ3n) is 2.84. The van der Waals surface area contributed by atoms with Gasteiger partial charge >= 0.3 is 6.09 Å². The van der Waals surface area contributed by atoms with Crippen molar-refractivity contribution in [3.05, 3.63) is 51.7 Å². The van der Waals surface area contributed by atoms with E-state index in [1.54, 1.807) is 6.20 Å². The number of aromatic nitrogens is 3. The van der Waals surface area contributed by atoms with Gasteiger partial charge in [-0.1, -0.05) is 30.3 Å². The van der Waals surface area contributed by atoms with Crippen LogP contribution >= 0.6 is 22.6 Å². The van der Waals surface area contributed by atoms with Gasteiger partial charge in [0.2, 0.25) is 0 Å². The predicted octanol–water partition coefficient (Wildman–Crippen LogP) is 3.31. The summed E-state index contributed by atoms with van der Waals surface area (Å²) in [4.78, 5) is 16.0. The molecule has 0 aliphatic carbocycles. The van der Waals surface area contributed by atoms with Gasteiger partial charge in [0.15, 0.2) is 5.82 Å². The number of anilines is 1. The van der Waals surface area contributed by atoms with Crippen molar-refractivity contribution in [2.75, 3.05) is 5.32 Å². The van der Waals surface area contributed by atoms with Crippen LogP contribution in [-0.2, 0) is 11.3 Å². The van der Waals surface area contributed by atoms with Crippen molar-refractivity contribution in [1.82, 2.24) is 15.2 Å². The number of carbonyl (C=O) groups is 1. The van der Waals surface area contributed by atoms with Crippen LogP contribution in [0.1, 0.15) is 5.56 Å². The second-order valence-corrected chi connectivity index (χ2v) is 5.44. The molecule has 106 valence electrons. The van der Waals surface area contributed by atoms with Crippen LogP contribution in [0.3, 0.4) is 0 Å². The van der Waals surface area contributed by atoms with E-state index in [0.717, 1.165) is 14.7 Å². The van der Waals surface area contributed by atoms with E-state index >= 15 is 0 Å². The second-order valence-electron chi connectivity index (χ2n) is 4.28. The molecule has 2 N–H and O–H groups in total. The Morgan fingerprint density at radius 3 is 2.90 bits per heavy atom. The average Bonchev–Trinajstić information content (AvgIpc) is 2.91. The molecule has 6 nitrogen and oxygen atoms in total. The molecule has 1 amide bonds. The number of H-pyrrole nitrogens is 1. The molecular weight excluding hydrogens is 383 g/mol. The third-order valence-corrected chi connectivity index (χ3v) is 3.74. The van der Waals surface area contributed by atoms with E-state index in [-0.39, 0.29) is 6.61 Å². The lowest BCUT2D eigenvalue weighted by Gasteiger charge is -2.05. The van der Waals surface area contributed by atoms with Crippen LogP contribution in [0.2, 0.25) is 0 Å². The maximum atomic E-state index is 11.8. The number of amides is 1. The van der Waals surface area contributed by atoms with Crippen molar-refractivity contribution in [2.24, 2.45) is 0 Å². The lowest BCUT2D eigenvalue weighted by molar-refractivity contribution is 0.155. The first-order valence-corrected chi connectivity index (χ1v) is 7.28. The minimum absolute atomic E-state index is 0.208. The molecule has 0 spiro atoms. The fourth-order valence-corrected chi connectivity index (χ4v) is 2.37. The van der Waals surface area contributed by atoms with Gasteiger partial charge in [0, 0.05) is 9.77 Å². The van der Waals surface area contributed by atoms with E-state index in [1.807, 2.05) is 36.4 Å². The Kier molecular flexibility index (Phi) is 4.00. The lowest BCUT2D eigenvalue weighted by atomic mass is 10.2. The maximum Gasteiger partial charge on any atom is 0.413 e. The second kappa shape index (κ2) is 6.08. The predicted molar refractivity (Wildman–Crippen MR) is 86.9 cm³/mol. The molecule has 7 heteroatoms. The number of ether oxygens (including phenoxy) is 1. The largest absolute Gasteiger partial charge is 0.444 e. The van der Waals surface area contributed by atoms with Crippen molar-refractivity contribution in [2.45, 2.75) is 6.61 Å². The number of halogens is 1. The van der Waals surface area contributed by atoms with E-state index in [2.05, 4.69) is 43.1 Å². The van der Waals surface area contributed by atoms with Crippen molar-refractivity contribution in [1.29, 1.82) is 0 Å². The highest BCUT2D eigenvalue weighted by Gasteiger charge is 2.12. The summed E-state index contributed by atoms with van der Waals surface area (Å²) in [5.74, 6) is 0.363. The molecule has 21 heavy (non-hydrogen) atoms. The van der Waals surface area contributed by atoms with Crippen molar-refractivity contribution in [3.63, 3.8) is 0 Å². The first-order chi connectivity index (χ1) is 10.2. The molecule has 0 atom stereocenters. The van der Waals surface area contributed by atoms with E-state index in [4.69, 9.17) is 4.74 Å². The van der Waals surface area contributed by atoms with Crippen LogP contribution in [0.15, 0.2) is 42.6 Å². The fourth-order valence-electron chi connectivity index (χ4n) is 1.83. The highest BCUT2D eigenvalue weighted by atomic mass is 127. The van der Waals surface area contributed by atoms with E-state index in [1.165, 1.54) is 0 Å². The Morgan fingerprint density at radius 1 is 1.29 bits per heavy atom. The molecule has 3 aromatic rings. The summed E-state index contributed by atoms with van der Waals surface area (Å²) in [6.07, 6.45) is 1.10. The minimum atomic E-state index is -0.562. The molecule has 0 saturated heterocycles. The van der Waals surface area contributed by atoms with Crippen molar-refractivity contribution < 1.29 is 9.53 Å². The summed E-state index contributed by atoms with van der Waals surface area (Å²) in [6.45, 7) is 0.208. The summed E-state index contributed by atoms with van der Waals surface area (Å²) >= 11 is 2.17. The van der Waals surface area contributed by atoms with Crippen LogP contribution in [0.5, 0.6) is 0 Å². The third kappa shape index (κ3) is 3.13. The van der Waals surface area contributed by atoms with Crippen LogP contribution in [-0.4, -0.2) is 21.3 Å². The molecule has 0 aliphatic rings. The molecule has 0 fully saturated rings.